The van der Waals surface area contributed by atoms with Crippen molar-refractivity contribution in [1.29, 1.82) is 0 Å². The molecule has 0 N–H and O–H groups in total. The summed E-state index contributed by atoms with van der Waals surface area (Å²) in [5.41, 5.74) is 0.957. The van der Waals surface area contributed by atoms with Gasteiger partial charge in [0.05, 0.1) is 6.61 Å². The molecule has 1 aliphatic heterocycles. The first-order chi connectivity index (χ1) is 9.54. The third kappa shape index (κ3) is 3.50. The second kappa shape index (κ2) is 6.56. The molecular formula is C14H22N2O3S. The maximum absolute atomic E-state index is 12.3. The van der Waals surface area contributed by atoms with E-state index in [0.717, 1.165) is 24.2 Å². The van der Waals surface area contributed by atoms with Gasteiger partial charge in [-0.05, 0) is 37.5 Å². The van der Waals surface area contributed by atoms with Crippen molar-refractivity contribution < 1.29 is 13.2 Å². The fraction of sp³-hybridized carbons (Fsp3) is 0.571. The van der Waals surface area contributed by atoms with E-state index in [9.17, 15) is 8.42 Å². The van der Waals surface area contributed by atoms with Gasteiger partial charge in [-0.3, -0.25) is 0 Å². The quantitative estimate of drug-likeness (QED) is 0.805. The Kier molecular flexibility index (Phi) is 5.01. The van der Waals surface area contributed by atoms with Crippen LogP contribution in [0.1, 0.15) is 25.3 Å². The molecule has 1 heterocycles. The summed E-state index contributed by atoms with van der Waals surface area (Å²) >= 11 is 0. The van der Waals surface area contributed by atoms with Crippen molar-refractivity contribution in [3.05, 3.63) is 29.8 Å². The molecule has 6 heteroatoms. The summed E-state index contributed by atoms with van der Waals surface area (Å²) in [5.74, 6) is 0.807. The van der Waals surface area contributed by atoms with Crippen LogP contribution in [0.5, 0.6) is 5.75 Å². The van der Waals surface area contributed by atoms with Gasteiger partial charge in [0, 0.05) is 26.7 Å². The summed E-state index contributed by atoms with van der Waals surface area (Å²) < 4.78 is 33.0. The third-order valence-corrected chi connectivity index (χ3v) is 5.36. The summed E-state index contributed by atoms with van der Waals surface area (Å²) in [6, 6.07) is 7.55. The zero-order valence-electron chi connectivity index (χ0n) is 12.1. The summed E-state index contributed by atoms with van der Waals surface area (Å²) in [6.45, 7) is 4.21. The van der Waals surface area contributed by atoms with Crippen LogP contribution in [0.2, 0.25) is 0 Å². The van der Waals surface area contributed by atoms with E-state index in [2.05, 4.69) is 0 Å². The van der Waals surface area contributed by atoms with Crippen LogP contribution in [0, 0.1) is 0 Å². The van der Waals surface area contributed by atoms with Gasteiger partial charge in [-0.15, -0.1) is 0 Å². The number of hydrogen-bond donors (Lipinski definition) is 0. The molecule has 2 rings (SSSR count). The normalized spacial score (nSPS) is 16.8. The van der Waals surface area contributed by atoms with E-state index in [1.165, 1.54) is 4.31 Å². The molecule has 1 aliphatic rings. The van der Waals surface area contributed by atoms with Crippen molar-refractivity contribution in [2.75, 3.05) is 26.7 Å². The maximum atomic E-state index is 12.3. The Hall–Kier alpha value is -1.11. The molecule has 20 heavy (non-hydrogen) atoms. The van der Waals surface area contributed by atoms with Crippen molar-refractivity contribution in [3.8, 4) is 5.75 Å². The summed E-state index contributed by atoms with van der Waals surface area (Å²) in [4.78, 5) is 0. The lowest BCUT2D eigenvalue weighted by atomic mass is 10.2. The Morgan fingerprint density at radius 2 is 1.80 bits per heavy atom. The zero-order valence-corrected chi connectivity index (χ0v) is 12.9. The smallest absolute Gasteiger partial charge is 0.282 e. The highest BCUT2D eigenvalue weighted by atomic mass is 32.2. The van der Waals surface area contributed by atoms with Crippen LogP contribution < -0.4 is 4.74 Å². The molecule has 112 valence electrons. The molecule has 1 aromatic rings. The van der Waals surface area contributed by atoms with Crippen molar-refractivity contribution in [1.82, 2.24) is 8.61 Å². The van der Waals surface area contributed by atoms with Crippen LogP contribution in [0.3, 0.4) is 0 Å². The molecule has 0 saturated carbocycles. The molecule has 0 aromatic heterocycles. The second-order valence-electron chi connectivity index (χ2n) is 4.95. The molecule has 0 amide bonds. The van der Waals surface area contributed by atoms with Gasteiger partial charge in [0.15, 0.2) is 0 Å². The highest BCUT2D eigenvalue weighted by Gasteiger charge is 2.29. The minimum atomic E-state index is -3.32. The second-order valence-corrected chi connectivity index (χ2v) is 6.98. The lowest BCUT2D eigenvalue weighted by Gasteiger charge is -2.23. The Balaban J connectivity index is 2.01. The lowest BCUT2D eigenvalue weighted by molar-refractivity contribution is 0.340. The molecule has 0 radical (unpaired) electrons. The standard InChI is InChI=1S/C14H22N2O3S/c1-3-19-14-8-6-13(7-9-14)12-15(2)20(17,18)16-10-4-5-11-16/h6-9H,3-5,10-12H2,1-2H3. The average Bonchev–Trinajstić information content (AvgIpc) is 2.96. The SMILES string of the molecule is CCOc1ccc(CN(C)S(=O)(=O)N2CCCC2)cc1. The Bertz CT molecular complexity index is 522. The fourth-order valence-electron chi connectivity index (χ4n) is 2.31. The van der Waals surface area contributed by atoms with Crippen LogP contribution in [-0.2, 0) is 16.8 Å². The van der Waals surface area contributed by atoms with Crippen LogP contribution in [0.15, 0.2) is 24.3 Å². The molecule has 5 nitrogen and oxygen atoms in total. The largest absolute Gasteiger partial charge is 0.494 e. The Morgan fingerprint density at radius 3 is 2.35 bits per heavy atom. The van der Waals surface area contributed by atoms with Gasteiger partial charge < -0.3 is 4.74 Å². The zero-order chi connectivity index (χ0) is 14.6. The molecule has 1 aromatic carbocycles. The minimum absolute atomic E-state index is 0.380. The molecule has 0 bridgehead atoms. The van der Waals surface area contributed by atoms with E-state index in [1.54, 1.807) is 11.4 Å². The predicted molar refractivity (Wildman–Crippen MR) is 78.8 cm³/mol. The monoisotopic (exact) mass is 298 g/mol. The lowest BCUT2D eigenvalue weighted by Crippen LogP contribution is -2.39. The molecular weight excluding hydrogens is 276 g/mol. The highest BCUT2D eigenvalue weighted by Crippen LogP contribution is 2.18. The number of rotatable bonds is 6. The van der Waals surface area contributed by atoms with Crippen molar-refractivity contribution in [3.63, 3.8) is 0 Å². The summed E-state index contributed by atoms with van der Waals surface area (Å²) in [6.07, 6.45) is 1.91. The van der Waals surface area contributed by atoms with Crippen LogP contribution in [0.4, 0.5) is 0 Å². The predicted octanol–water partition coefficient (Wildman–Crippen LogP) is 1.86. The van der Waals surface area contributed by atoms with Gasteiger partial charge in [0.25, 0.3) is 10.2 Å². The first kappa shape index (κ1) is 15.3. The Labute approximate surface area is 121 Å². The number of benzene rings is 1. The molecule has 0 aliphatic carbocycles. The fourth-order valence-corrected chi connectivity index (χ4v) is 3.74. The average molecular weight is 298 g/mol. The Morgan fingerprint density at radius 1 is 1.20 bits per heavy atom. The number of hydrogen-bond acceptors (Lipinski definition) is 3. The first-order valence-corrected chi connectivity index (χ1v) is 8.37. The summed E-state index contributed by atoms with van der Waals surface area (Å²) in [7, 11) is -1.69. The minimum Gasteiger partial charge on any atom is -0.494 e. The van der Waals surface area contributed by atoms with Gasteiger partial charge in [0.1, 0.15) is 5.75 Å². The van der Waals surface area contributed by atoms with Crippen molar-refractivity contribution in [2.24, 2.45) is 0 Å². The number of nitrogens with zero attached hydrogens (tertiary/aromatic N) is 2. The molecule has 0 spiro atoms. The third-order valence-electron chi connectivity index (χ3n) is 3.42. The van der Waals surface area contributed by atoms with Gasteiger partial charge >= 0.3 is 0 Å². The molecule has 1 fully saturated rings. The van der Waals surface area contributed by atoms with Gasteiger partial charge in [0.2, 0.25) is 0 Å². The first-order valence-electron chi connectivity index (χ1n) is 6.97. The van der Waals surface area contributed by atoms with Gasteiger partial charge in [-0.1, -0.05) is 12.1 Å². The van der Waals surface area contributed by atoms with E-state index in [1.807, 2.05) is 31.2 Å². The topological polar surface area (TPSA) is 49.9 Å². The van der Waals surface area contributed by atoms with Gasteiger partial charge in [-0.2, -0.15) is 17.0 Å². The van der Waals surface area contributed by atoms with Crippen LogP contribution in [-0.4, -0.2) is 43.8 Å². The van der Waals surface area contributed by atoms with Crippen molar-refractivity contribution in [2.45, 2.75) is 26.3 Å². The van der Waals surface area contributed by atoms with E-state index < -0.39 is 10.2 Å². The molecule has 0 atom stereocenters. The van der Waals surface area contributed by atoms with E-state index in [0.29, 0.717) is 26.2 Å². The van der Waals surface area contributed by atoms with E-state index in [-0.39, 0.29) is 0 Å². The van der Waals surface area contributed by atoms with Crippen LogP contribution in [0.25, 0.3) is 0 Å². The summed E-state index contributed by atoms with van der Waals surface area (Å²) in [5, 5.41) is 0. The number of ether oxygens (including phenoxy) is 1. The van der Waals surface area contributed by atoms with E-state index in [4.69, 9.17) is 4.74 Å². The van der Waals surface area contributed by atoms with E-state index >= 15 is 0 Å². The van der Waals surface area contributed by atoms with Gasteiger partial charge in [-0.25, -0.2) is 0 Å². The van der Waals surface area contributed by atoms with Crippen LogP contribution >= 0.6 is 0 Å². The maximum Gasteiger partial charge on any atom is 0.282 e. The molecule has 1 saturated heterocycles. The molecule has 0 unspecified atom stereocenters. The van der Waals surface area contributed by atoms with Crippen molar-refractivity contribution >= 4 is 10.2 Å². The highest BCUT2D eigenvalue weighted by molar-refractivity contribution is 7.86.